The topological polar surface area (TPSA) is 46.6 Å². The largest absolute Gasteiger partial charge is 0.347 e. The van der Waals surface area contributed by atoms with E-state index in [4.69, 9.17) is 4.74 Å². The van der Waals surface area contributed by atoms with Crippen LogP contribution >= 0.6 is 0 Å². The number of aldehydes is 1. The Morgan fingerprint density at radius 2 is 1.72 bits per heavy atom. The Hall–Kier alpha value is -2.98. The van der Waals surface area contributed by atoms with Crippen LogP contribution in [0, 0.1) is 5.92 Å². The average molecular weight is 389 g/mol. The summed E-state index contributed by atoms with van der Waals surface area (Å²) in [5.41, 5.74) is 1.88. The Labute approximate surface area is 172 Å². The molecule has 0 amide bonds. The summed E-state index contributed by atoms with van der Waals surface area (Å²) in [5.74, 6) is -0.252. The summed E-state index contributed by atoms with van der Waals surface area (Å²) in [7, 11) is 1.93. The standard InChI is InChI=1S/C25H27NO3/c1-20-17-25(16-15-24(20)28,26(2)23-11-7-4-8-12-23)29-19-22(18-27)14-13-21-9-5-3-6-10-21/h3-12,15-18,22H,13-14,19H2,1-2H3. The number of aryl methyl sites for hydroxylation is 1. The highest BCUT2D eigenvalue weighted by atomic mass is 16.5. The molecular formula is C25H27NO3. The zero-order valence-electron chi connectivity index (χ0n) is 17.0. The highest BCUT2D eigenvalue weighted by Crippen LogP contribution is 2.31. The predicted molar refractivity (Wildman–Crippen MR) is 116 cm³/mol. The van der Waals surface area contributed by atoms with Crippen LogP contribution in [0.2, 0.25) is 0 Å². The third-order valence-electron chi connectivity index (χ3n) is 5.32. The molecule has 1 aliphatic carbocycles. The maximum absolute atomic E-state index is 12.0. The summed E-state index contributed by atoms with van der Waals surface area (Å²) in [6, 6.07) is 20.0. The zero-order chi connectivity index (χ0) is 20.7. The highest BCUT2D eigenvalue weighted by Gasteiger charge is 2.35. The molecule has 1 aliphatic rings. The molecule has 0 bridgehead atoms. The molecule has 29 heavy (non-hydrogen) atoms. The van der Waals surface area contributed by atoms with E-state index >= 15 is 0 Å². The van der Waals surface area contributed by atoms with Gasteiger partial charge in [-0.3, -0.25) is 4.79 Å². The van der Waals surface area contributed by atoms with Crippen molar-refractivity contribution in [2.45, 2.75) is 25.5 Å². The fraction of sp³-hybridized carbons (Fsp3) is 0.280. The minimum atomic E-state index is -0.909. The van der Waals surface area contributed by atoms with E-state index in [1.54, 1.807) is 19.1 Å². The van der Waals surface area contributed by atoms with Gasteiger partial charge in [0.1, 0.15) is 6.29 Å². The fourth-order valence-corrected chi connectivity index (χ4v) is 3.43. The van der Waals surface area contributed by atoms with E-state index in [-0.39, 0.29) is 18.3 Å². The molecule has 0 fully saturated rings. The van der Waals surface area contributed by atoms with Crippen LogP contribution in [0.3, 0.4) is 0 Å². The highest BCUT2D eigenvalue weighted by molar-refractivity contribution is 6.05. The Kier molecular flexibility index (Phi) is 6.78. The normalized spacial score (nSPS) is 19.5. The number of hydrogen-bond acceptors (Lipinski definition) is 4. The second kappa shape index (κ2) is 9.48. The molecule has 0 aliphatic heterocycles. The monoisotopic (exact) mass is 389 g/mol. The number of anilines is 1. The first kappa shape index (κ1) is 20.7. The van der Waals surface area contributed by atoms with Crippen molar-refractivity contribution in [3.63, 3.8) is 0 Å². The van der Waals surface area contributed by atoms with Crippen LogP contribution in [0.5, 0.6) is 0 Å². The van der Waals surface area contributed by atoms with E-state index in [0.717, 1.165) is 18.4 Å². The number of carbonyl (C=O) groups excluding carboxylic acids is 2. The van der Waals surface area contributed by atoms with Gasteiger partial charge >= 0.3 is 0 Å². The van der Waals surface area contributed by atoms with Gasteiger partial charge in [0.2, 0.25) is 0 Å². The Morgan fingerprint density at radius 1 is 1.07 bits per heavy atom. The molecule has 0 radical (unpaired) electrons. The summed E-state index contributed by atoms with van der Waals surface area (Å²) >= 11 is 0. The Morgan fingerprint density at radius 3 is 2.34 bits per heavy atom. The van der Waals surface area contributed by atoms with Gasteiger partial charge < -0.3 is 14.4 Å². The van der Waals surface area contributed by atoms with Crippen LogP contribution < -0.4 is 4.90 Å². The second-order valence-corrected chi connectivity index (χ2v) is 7.40. The number of hydrogen-bond donors (Lipinski definition) is 0. The number of allylic oxidation sites excluding steroid dienone is 2. The van der Waals surface area contributed by atoms with Gasteiger partial charge in [0.05, 0.1) is 6.61 Å². The quantitative estimate of drug-likeness (QED) is 0.472. The first-order valence-electron chi connectivity index (χ1n) is 9.89. The number of benzene rings is 2. The van der Waals surface area contributed by atoms with Crippen LogP contribution in [0.1, 0.15) is 18.9 Å². The minimum absolute atomic E-state index is 0.0262. The molecule has 2 unspecified atom stereocenters. The van der Waals surface area contributed by atoms with Gasteiger partial charge in [-0.05, 0) is 61.3 Å². The van der Waals surface area contributed by atoms with Gasteiger partial charge in [-0.15, -0.1) is 0 Å². The van der Waals surface area contributed by atoms with Crippen LogP contribution in [0.4, 0.5) is 5.69 Å². The molecule has 2 atom stereocenters. The van der Waals surface area contributed by atoms with Gasteiger partial charge in [-0.1, -0.05) is 48.5 Å². The fourth-order valence-electron chi connectivity index (χ4n) is 3.43. The summed E-state index contributed by atoms with van der Waals surface area (Å²) < 4.78 is 6.33. The average Bonchev–Trinajstić information content (AvgIpc) is 2.77. The van der Waals surface area contributed by atoms with Gasteiger partial charge in [0, 0.05) is 18.7 Å². The van der Waals surface area contributed by atoms with E-state index in [9.17, 15) is 9.59 Å². The van der Waals surface area contributed by atoms with Gasteiger partial charge in [-0.2, -0.15) is 0 Å². The van der Waals surface area contributed by atoms with E-state index in [1.165, 1.54) is 5.56 Å². The maximum atomic E-state index is 12.0. The Bertz CT molecular complexity index is 889. The van der Waals surface area contributed by atoms with Gasteiger partial charge in [-0.25, -0.2) is 0 Å². The molecule has 0 N–H and O–H groups in total. The summed E-state index contributed by atoms with van der Waals surface area (Å²) in [6.45, 7) is 2.06. The van der Waals surface area contributed by atoms with Gasteiger partial charge in [0.25, 0.3) is 0 Å². The van der Waals surface area contributed by atoms with Crippen LogP contribution in [-0.4, -0.2) is 31.4 Å². The lowest BCUT2D eigenvalue weighted by molar-refractivity contribution is -0.115. The van der Waals surface area contributed by atoms with Crippen molar-refractivity contribution in [3.05, 3.63) is 90.0 Å². The van der Waals surface area contributed by atoms with Crippen molar-refractivity contribution in [1.29, 1.82) is 0 Å². The third kappa shape index (κ3) is 5.09. The SMILES string of the molecule is CC1=CC(OCC(C=O)CCc2ccccc2)(N(C)c2ccccc2)C=CC1=O. The van der Waals surface area contributed by atoms with E-state index in [2.05, 4.69) is 12.1 Å². The Balaban J connectivity index is 1.75. The first-order valence-corrected chi connectivity index (χ1v) is 9.89. The molecule has 0 aromatic heterocycles. The van der Waals surface area contributed by atoms with Crippen molar-refractivity contribution >= 4 is 17.8 Å². The molecule has 3 rings (SSSR count). The molecule has 2 aromatic carbocycles. The number of nitrogens with zero attached hydrogens (tertiary/aromatic N) is 1. The molecule has 0 spiro atoms. The zero-order valence-corrected chi connectivity index (χ0v) is 17.0. The van der Waals surface area contributed by atoms with Crippen LogP contribution in [0.25, 0.3) is 0 Å². The number of likely N-dealkylation sites (N-methyl/N-ethyl adjacent to an activating group) is 1. The number of para-hydroxylation sites is 1. The molecule has 0 heterocycles. The summed E-state index contributed by atoms with van der Waals surface area (Å²) in [6.07, 6.45) is 7.65. The first-order chi connectivity index (χ1) is 14.0. The van der Waals surface area contributed by atoms with E-state index in [1.807, 2.05) is 66.6 Å². The van der Waals surface area contributed by atoms with Crippen LogP contribution in [0.15, 0.2) is 84.5 Å². The molecule has 0 saturated heterocycles. The molecule has 150 valence electrons. The van der Waals surface area contributed by atoms with Gasteiger partial charge in [0.15, 0.2) is 11.5 Å². The van der Waals surface area contributed by atoms with E-state index in [0.29, 0.717) is 12.0 Å². The number of ketones is 1. The van der Waals surface area contributed by atoms with Crippen molar-refractivity contribution in [2.75, 3.05) is 18.6 Å². The molecule has 4 nitrogen and oxygen atoms in total. The number of rotatable bonds is 9. The molecule has 4 heteroatoms. The maximum Gasteiger partial charge on any atom is 0.181 e. The predicted octanol–water partition coefficient (Wildman–Crippen LogP) is 4.37. The number of carbonyl (C=O) groups is 2. The number of ether oxygens (including phenoxy) is 1. The van der Waals surface area contributed by atoms with Crippen LogP contribution in [-0.2, 0) is 20.7 Å². The van der Waals surface area contributed by atoms with Crippen molar-refractivity contribution in [1.82, 2.24) is 0 Å². The second-order valence-electron chi connectivity index (χ2n) is 7.40. The lowest BCUT2D eigenvalue weighted by Crippen LogP contribution is -2.48. The van der Waals surface area contributed by atoms with Crippen molar-refractivity contribution in [3.8, 4) is 0 Å². The minimum Gasteiger partial charge on any atom is -0.347 e. The molecule has 2 aromatic rings. The van der Waals surface area contributed by atoms with E-state index < -0.39 is 5.72 Å². The lowest BCUT2D eigenvalue weighted by atomic mass is 9.97. The molecule has 0 saturated carbocycles. The van der Waals surface area contributed by atoms with Crippen molar-refractivity contribution in [2.24, 2.45) is 5.92 Å². The smallest absolute Gasteiger partial charge is 0.181 e. The summed E-state index contributed by atoms with van der Waals surface area (Å²) in [5, 5.41) is 0. The van der Waals surface area contributed by atoms with Crippen molar-refractivity contribution < 1.29 is 14.3 Å². The lowest BCUT2D eigenvalue weighted by Gasteiger charge is -2.40. The third-order valence-corrected chi connectivity index (χ3v) is 5.32. The molecular weight excluding hydrogens is 362 g/mol. The summed E-state index contributed by atoms with van der Waals surface area (Å²) in [4.78, 5) is 25.7.